The van der Waals surface area contributed by atoms with Crippen LogP contribution in [0.1, 0.15) is 76.3 Å². The van der Waals surface area contributed by atoms with Gasteiger partial charge in [-0.25, -0.2) is 19.6 Å². The Morgan fingerprint density at radius 2 is 1.63 bits per heavy atom. The van der Waals surface area contributed by atoms with Crippen LogP contribution in [0.5, 0.6) is 5.75 Å². The van der Waals surface area contributed by atoms with E-state index < -0.39 is 30.4 Å². The highest BCUT2D eigenvalue weighted by Gasteiger charge is 2.43. The first-order valence-corrected chi connectivity index (χ1v) is 21.4. The molecule has 2 fully saturated rings. The maximum absolute atomic E-state index is 14.0. The zero-order valence-electron chi connectivity index (χ0n) is 36.9. The zero-order valence-corrected chi connectivity index (χ0v) is 36.9. The minimum atomic E-state index is -0.963. The van der Waals surface area contributed by atoms with Crippen LogP contribution in [0.25, 0.3) is 44.2 Å². The molecular weight excluding hydrogens is 809 g/mol. The lowest BCUT2D eigenvalue weighted by Gasteiger charge is -2.32. The number of amides is 4. The van der Waals surface area contributed by atoms with Crippen molar-refractivity contribution in [2.24, 2.45) is 11.8 Å². The third-order valence-corrected chi connectivity index (χ3v) is 12.9. The molecule has 5 heterocycles. The number of benzene rings is 3. The smallest absolute Gasteiger partial charge is 0.407 e. The van der Waals surface area contributed by atoms with Crippen molar-refractivity contribution in [3.8, 4) is 28.1 Å². The van der Waals surface area contributed by atoms with Gasteiger partial charge in [0.1, 0.15) is 36.1 Å². The second-order valence-corrected chi connectivity index (χ2v) is 17.2. The molecule has 3 aliphatic heterocycles. The Morgan fingerprint density at radius 1 is 0.873 bits per heavy atom. The number of aromatic nitrogens is 4. The van der Waals surface area contributed by atoms with Crippen LogP contribution in [0.3, 0.4) is 0 Å². The molecule has 17 nitrogen and oxygen atoms in total. The second kappa shape index (κ2) is 17.9. The molecule has 4 amide bonds. The van der Waals surface area contributed by atoms with Crippen LogP contribution < -0.4 is 15.4 Å². The summed E-state index contributed by atoms with van der Waals surface area (Å²) in [6.07, 6.45) is 1.99. The summed E-state index contributed by atoms with van der Waals surface area (Å²) in [5.74, 6) is 1.56. The Balaban J connectivity index is 1.05. The quantitative estimate of drug-likeness (QED) is 0.108. The summed E-state index contributed by atoms with van der Waals surface area (Å²) in [6.45, 7) is 8.82. The highest BCUT2D eigenvalue weighted by molar-refractivity contribution is 6.07. The fourth-order valence-electron chi connectivity index (χ4n) is 9.43. The molecule has 0 aliphatic carbocycles. The number of nitrogens with zero attached hydrogens (tertiary/aromatic N) is 4. The average molecular weight is 865 g/mol. The van der Waals surface area contributed by atoms with Gasteiger partial charge < -0.3 is 54.1 Å². The van der Waals surface area contributed by atoms with Crippen LogP contribution in [0.15, 0.2) is 48.7 Å². The van der Waals surface area contributed by atoms with Crippen molar-refractivity contribution in [3.05, 3.63) is 65.9 Å². The number of aromatic amines is 2. The van der Waals surface area contributed by atoms with Gasteiger partial charge in [-0.15, -0.1) is 0 Å². The fraction of sp³-hybridized carbons (Fsp3) is 0.478. The summed E-state index contributed by atoms with van der Waals surface area (Å²) in [5.41, 5.74) is 6.42. The lowest BCUT2D eigenvalue weighted by Crippen LogP contribution is -2.54. The number of fused-ring (bicyclic) bond motifs is 6. The standard InChI is InChI=1S/C46H56N8O9/c1-23(2)38(51-45(57)61-7)44(56)54-24(3)9-14-35(54)42-48-33-13-11-27-17-32-30-12-10-28(16-29(30)22-63-37(32)18-31(27)40(33)50-42)34-19-47-41(49-34)36-15-26(21-59-5)20-53(36)43(55)39(25(4)60-6)52-46(58)62-8/h10-13,16-19,23-26,35-36,38-39H,9,14-15,20-22H2,1-8H3,(H,47,49)(H,48,50)(H,51,57)(H,52,58)/t24-,25+,26-,35-,36-,38?,39?/m0/s1. The summed E-state index contributed by atoms with van der Waals surface area (Å²) in [4.78, 5) is 72.9. The van der Waals surface area contributed by atoms with Gasteiger partial charge in [-0.3, -0.25) is 9.59 Å². The van der Waals surface area contributed by atoms with Gasteiger partial charge in [0, 0.05) is 43.7 Å². The number of H-pyrrole nitrogens is 2. The number of carbonyl (C=O) groups excluding carboxylic acids is 4. The summed E-state index contributed by atoms with van der Waals surface area (Å²) < 4.78 is 27.0. The SMILES string of the molecule is COC[C@H]1C[C@@H](c2ncc(-c3ccc4c(c3)COc3cc5c(ccc6[nH]c([C@@H]7CC[C@H](C)N7C(=O)C(NC(=O)OC)C(C)C)nc65)cc3-4)[nH]2)N(C(=O)C(NC(=O)OC)[C@@H](C)OC)C1. The van der Waals surface area contributed by atoms with E-state index in [0.29, 0.717) is 37.8 Å². The van der Waals surface area contributed by atoms with E-state index in [-0.39, 0.29) is 41.8 Å². The maximum Gasteiger partial charge on any atom is 0.407 e. The van der Waals surface area contributed by atoms with Crippen molar-refractivity contribution in [2.45, 2.75) is 89.9 Å². The highest BCUT2D eigenvalue weighted by Crippen LogP contribution is 2.44. The third kappa shape index (κ3) is 8.26. The molecule has 0 bridgehead atoms. The first kappa shape index (κ1) is 43.4. The number of rotatable bonds is 12. The highest BCUT2D eigenvalue weighted by atomic mass is 16.5. The lowest BCUT2D eigenvalue weighted by molar-refractivity contribution is -0.138. The molecule has 63 heavy (non-hydrogen) atoms. The molecule has 2 saturated heterocycles. The number of likely N-dealkylation sites (tertiary alicyclic amines) is 2. The third-order valence-electron chi connectivity index (χ3n) is 12.9. The minimum Gasteiger partial charge on any atom is -0.488 e. The van der Waals surface area contributed by atoms with Gasteiger partial charge in [0.2, 0.25) is 11.8 Å². The number of hydrogen-bond acceptors (Lipinski definition) is 11. The number of methoxy groups -OCH3 is 4. The van der Waals surface area contributed by atoms with Crippen LogP contribution in [0.4, 0.5) is 9.59 Å². The zero-order chi connectivity index (χ0) is 44.7. The van der Waals surface area contributed by atoms with E-state index in [2.05, 4.69) is 57.0 Å². The number of nitrogens with one attached hydrogen (secondary N) is 4. The van der Waals surface area contributed by atoms with Crippen LogP contribution in [0.2, 0.25) is 0 Å². The minimum absolute atomic E-state index is 0.0341. The molecule has 17 heteroatoms. The van der Waals surface area contributed by atoms with E-state index in [0.717, 1.165) is 68.3 Å². The second-order valence-electron chi connectivity index (χ2n) is 17.2. The van der Waals surface area contributed by atoms with Gasteiger partial charge in [0.05, 0.1) is 61.9 Å². The summed E-state index contributed by atoms with van der Waals surface area (Å²) in [5, 5.41) is 7.32. The predicted molar refractivity (Wildman–Crippen MR) is 234 cm³/mol. The molecule has 334 valence electrons. The molecule has 2 unspecified atom stereocenters. The number of ether oxygens (including phenoxy) is 5. The van der Waals surface area contributed by atoms with Crippen LogP contribution in [0, 0.1) is 11.8 Å². The van der Waals surface area contributed by atoms with E-state index in [1.165, 1.54) is 21.3 Å². The topological polar surface area (TPSA) is 202 Å². The molecule has 5 aromatic rings. The first-order chi connectivity index (χ1) is 30.3. The molecule has 8 rings (SSSR count). The molecule has 3 aromatic carbocycles. The lowest BCUT2D eigenvalue weighted by atomic mass is 9.92. The van der Waals surface area contributed by atoms with Crippen molar-refractivity contribution in [1.29, 1.82) is 0 Å². The van der Waals surface area contributed by atoms with E-state index in [4.69, 9.17) is 33.7 Å². The molecule has 0 spiro atoms. The molecule has 7 atom stereocenters. The largest absolute Gasteiger partial charge is 0.488 e. The van der Waals surface area contributed by atoms with Gasteiger partial charge in [0.25, 0.3) is 0 Å². The van der Waals surface area contributed by atoms with Gasteiger partial charge in [-0.1, -0.05) is 32.0 Å². The molecule has 0 saturated carbocycles. The van der Waals surface area contributed by atoms with Crippen LogP contribution in [-0.2, 0) is 35.1 Å². The Bertz CT molecular complexity index is 2540. The number of alkyl carbamates (subject to hydrolysis) is 2. The molecule has 0 radical (unpaired) electrons. The fourth-order valence-corrected chi connectivity index (χ4v) is 9.43. The summed E-state index contributed by atoms with van der Waals surface area (Å²) in [6, 6.07) is 12.1. The van der Waals surface area contributed by atoms with Crippen LogP contribution >= 0.6 is 0 Å². The number of hydrogen-bond donors (Lipinski definition) is 4. The Hall–Kier alpha value is -6.20. The normalized spacial score (nSPS) is 20.8. The summed E-state index contributed by atoms with van der Waals surface area (Å²) >= 11 is 0. The molecule has 2 aromatic heterocycles. The Kier molecular flexibility index (Phi) is 12.3. The first-order valence-electron chi connectivity index (χ1n) is 21.4. The van der Waals surface area contributed by atoms with Crippen molar-refractivity contribution in [1.82, 2.24) is 40.4 Å². The van der Waals surface area contributed by atoms with Crippen molar-refractivity contribution >= 4 is 45.8 Å². The van der Waals surface area contributed by atoms with Crippen molar-refractivity contribution in [3.63, 3.8) is 0 Å². The molecular formula is C46H56N8O9. The number of carbonyl (C=O) groups is 4. The average Bonchev–Trinajstić information content (AvgIpc) is 4.11. The van der Waals surface area contributed by atoms with E-state index in [1.54, 1.807) is 25.1 Å². The molecule has 4 N–H and O–H groups in total. The van der Waals surface area contributed by atoms with Gasteiger partial charge >= 0.3 is 12.2 Å². The monoisotopic (exact) mass is 864 g/mol. The van der Waals surface area contributed by atoms with E-state index in [9.17, 15) is 19.2 Å². The van der Waals surface area contributed by atoms with Gasteiger partial charge in [-0.05, 0) is 85.4 Å². The van der Waals surface area contributed by atoms with Crippen LogP contribution in [-0.4, -0.2) is 120 Å². The summed E-state index contributed by atoms with van der Waals surface area (Å²) in [7, 11) is 5.68. The van der Waals surface area contributed by atoms with E-state index >= 15 is 0 Å². The Labute approximate surface area is 365 Å². The maximum atomic E-state index is 14.0. The van der Waals surface area contributed by atoms with Crippen molar-refractivity contribution < 1.29 is 42.9 Å². The van der Waals surface area contributed by atoms with E-state index in [1.807, 2.05) is 31.7 Å². The van der Waals surface area contributed by atoms with Gasteiger partial charge in [0.15, 0.2) is 0 Å². The number of imidazole rings is 2. The van der Waals surface area contributed by atoms with Crippen molar-refractivity contribution in [2.75, 3.05) is 41.6 Å². The predicted octanol–water partition coefficient (Wildman–Crippen LogP) is 6.39. The molecule has 3 aliphatic rings. The Morgan fingerprint density at radius 3 is 2.35 bits per heavy atom. The van der Waals surface area contributed by atoms with Gasteiger partial charge in [-0.2, -0.15) is 0 Å².